The van der Waals surface area contributed by atoms with Crippen molar-refractivity contribution in [2.24, 2.45) is 0 Å². The molecule has 17 heavy (non-hydrogen) atoms. The summed E-state index contributed by atoms with van der Waals surface area (Å²) in [4.78, 5) is -0.00435. The van der Waals surface area contributed by atoms with Crippen molar-refractivity contribution < 1.29 is 8.78 Å². The SMILES string of the molecule is CC.CC1CCC(F)(F)c2sc(N)c(C#N)c21. The van der Waals surface area contributed by atoms with Crippen LogP contribution < -0.4 is 5.73 Å². The highest BCUT2D eigenvalue weighted by Crippen LogP contribution is 2.51. The van der Waals surface area contributed by atoms with Gasteiger partial charge in [0, 0.05) is 6.42 Å². The molecule has 1 aromatic rings. The first-order chi connectivity index (χ1) is 7.97. The van der Waals surface area contributed by atoms with Crippen LogP contribution in [0.4, 0.5) is 13.8 Å². The van der Waals surface area contributed by atoms with Gasteiger partial charge in [0.2, 0.25) is 0 Å². The third-order valence-corrected chi connectivity index (χ3v) is 3.95. The molecule has 5 heteroatoms. The Bertz CT molecular complexity index is 446. The second-order valence-corrected chi connectivity index (χ2v) is 4.89. The summed E-state index contributed by atoms with van der Waals surface area (Å²) < 4.78 is 27.1. The molecule has 1 aliphatic rings. The lowest BCUT2D eigenvalue weighted by Gasteiger charge is -2.26. The molecule has 0 aliphatic heterocycles. The van der Waals surface area contributed by atoms with Crippen LogP contribution >= 0.6 is 11.3 Å². The first kappa shape index (κ1) is 13.9. The van der Waals surface area contributed by atoms with Crippen LogP contribution in [-0.4, -0.2) is 0 Å². The van der Waals surface area contributed by atoms with Crippen LogP contribution in [0.25, 0.3) is 0 Å². The molecule has 1 aliphatic carbocycles. The van der Waals surface area contributed by atoms with Gasteiger partial charge >= 0.3 is 0 Å². The number of hydrogen-bond donors (Lipinski definition) is 1. The molecule has 1 heterocycles. The minimum Gasteiger partial charge on any atom is -0.389 e. The van der Waals surface area contributed by atoms with Crippen molar-refractivity contribution in [2.45, 2.75) is 45.5 Å². The largest absolute Gasteiger partial charge is 0.389 e. The van der Waals surface area contributed by atoms with Gasteiger partial charge in [-0.05, 0) is 17.9 Å². The molecular weight excluding hydrogens is 242 g/mol. The van der Waals surface area contributed by atoms with Crippen LogP contribution in [0, 0.1) is 11.3 Å². The van der Waals surface area contributed by atoms with Crippen molar-refractivity contribution in [1.29, 1.82) is 5.26 Å². The molecule has 0 spiro atoms. The Hall–Kier alpha value is -1.15. The van der Waals surface area contributed by atoms with Gasteiger partial charge in [0.1, 0.15) is 11.1 Å². The van der Waals surface area contributed by atoms with Crippen LogP contribution in [0.5, 0.6) is 0 Å². The van der Waals surface area contributed by atoms with Gasteiger partial charge in [0.25, 0.3) is 5.92 Å². The van der Waals surface area contributed by atoms with Crippen LogP contribution in [0.15, 0.2) is 0 Å². The summed E-state index contributed by atoms with van der Waals surface area (Å²) in [5.74, 6) is -2.81. The Morgan fingerprint density at radius 2 is 2.06 bits per heavy atom. The number of hydrogen-bond acceptors (Lipinski definition) is 3. The predicted molar refractivity (Wildman–Crippen MR) is 66.3 cm³/mol. The quantitative estimate of drug-likeness (QED) is 0.757. The Morgan fingerprint density at radius 3 is 2.59 bits per heavy atom. The average molecular weight is 258 g/mol. The third-order valence-electron chi connectivity index (χ3n) is 2.80. The number of halogens is 2. The Morgan fingerprint density at radius 1 is 1.47 bits per heavy atom. The van der Waals surface area contributed by atoms with Gasteiger partial charge in [0.05, 0.1) is 10.4 Å². The standard InChI is InChI=1S/C10H10F2N2S.C2H6/c1-5-2-3-10(11,12)8-7(5)6(4-13)9(14)15-8;1-2/h5H,2-3,14H2,1H3;1-2H3. The first-order valence-corrected chi connectivity index (χ1v) is 6.49. The predicted octanol–water partition coefficient (Wildman–Crippen LogP) is 4.22. The van der Waals surface area contributed by atoms with Crippen LogP contribution in [0.3, 0.4) is 0 Å². The number of rotatable bonds is 0. The first-order valence-electron chi connectivity index (χ1n) is 5.68. The van der Waals surface area contributed by atoms with Crippen LogP contribution in [-0.2, 0) is 5.92 Å². The molecule has 2 N–H and O–H groups in total. The molecular formula is C12H16F2N2S. The molecule has 0 fully saturated rings. The molecule has 1 atom stereocenters. The molecule has 2 rings (SSSR count). The zero-order valence-electron chi connectivity index (χ0n) is 10.2. The molecule has 0 saturated heterocycles. The zero-order chi connectivity index (χ0) is 13.2. The smallest absolute Gasteiger partial charge is 0.282 e. The van der Waals surface area contributed by atoms with Crippen molar-refractivity contribution >= 4 is 16.3 Å². The molecule has 94 valence electrons. The number of nitriles is 1. The lowest BCUT2D eigenvalue weighted by Crippen LogP contribution is -2.21. The second kappa shape index (κ2) is 5.01. The average Bonchev–Trinajstić information content (AvgIpc) is 2.65. The minimum atomic E-state index is -2.81. The summed E-state index contributed by atoms with van der Waals surface area (Å²) in [5.41, 5.74) is 6.30. The molecule has 2 nitrogen and oxygen atoms in total. The summed E-state index contributed by atoms with van der Waals surface area (Å²) in [5, 5.41) is 9.10. The maximum atomic E-state index is 13.5. The summed E-state index contributed by atoms with van der Waals surface area (Å²) >= 11 is 0.857. The van der Waals surface area contributed by atoms with Crippen molar-refractivity contribution in [3.8, 4) is 6.07 Å². The zero-order valence-corrected chi connectivity index (χ0v) is 11.0. The van der Waals surface area contributed by atoms with Gasteiger partial charge < -0.3 is 5.73 Å². The molecule has 0 amide bonds. The number of nitrogens with two attached hydrogens (primary N) is 1. The van der Waals surface area contributed by atoms with E-state index in [9.17, 15) is 8.78 Å². The minimum absolute atomic E-state index is 0.00262. The number of anilines is 1. The monoisotopic (exact) mass is 258 g/mol. The number of fused-ring (bicyclic) bond motifs is 1. The second-order valence-electron chi connectivity index (χ2n) is 3.84. The van der Waals surface area contributed by atoms with E-state index in [0.717, 1.165) is 11.3 Å². The number of nitrogen functional groups attached to an aromatic ring is 1. The van der Waals surface area contributed by atoms with E-state index < -0.39 is 5.92 Å². The van der Waals surface area contributed by atoms with Crippen molar-refractivity contribution in [2.75, 3.05) is 5.73 Å². The highest BCUT2D eigenvalue weighted by molar-refractivity contribution is 7.16. The molecule has 0 saturated carbocycles. The molecule has 1 aromatic heterocycles. The van der Waals surface area contributed by atoms with Gasteiger partial charge in [-0.2, -0.15) is 5.26 Å². The lowest BCUT2D eigenvalue weighted by molar-refractivity contribution is -0.0204. The van der Waals surface area contributed by atoms with Crippen molar-refractivity contribution in [3.05, 3.63) is 16.0 Å². The fourth-order valence-electron chi connectivity index (χ4n) is 1.98. The van der Waals surface area contributed by atoms with Gasteiger partial charge in [-0.3, -0.25) is 0 Å². The number of alkyl halides is 2. The maximum absolute atomic E-state index is 13.5. The molecule has 0 bridgehead atoms. The molecule has 0 radical (unpaired) electrons. The third kappa shape index (κ3) is 2.27. The summed E-state index contributed by atoms with van der Waals surface area (Å²) in [6, 6.07) is 1.92. The van der Waals surface area contributed by atoms with Crippen LogP contribution in [0.2, 0.25) is 0 Å². The summed E-state index contributed by atoms with van der Waals surface area (Å²) in [7, 11) is 0. The van der Waals surface area contributed by atoms with E-state index in [4.69, 9.17) is 11.0 Å². The highest BCUT2D eigenvalue weighted by atomic mass is 32.1. The van der Waals surface area contributed by atoms with Gasteiger partial charge in [0.15, 0.2) is 0 Å². The van der Waals surface area contributed by atoms with E-state index in [1.807, 2.05) is 26.8 Å². The normalized spacial score (nSPS) is 20.8. The van der Waals surface area contributed by atoms with Crippen LogP contribution in [0.1, 0.15) is 55.5 Å². The Labute approximate surface area is 104 Å². The number of thiophene rings is 1. The maximum Gasteiger partial charge on any atom is 0.282 e. The van der Waals surface area contributed by atoms with E-state index in [-0.39, 0.29) is 27.8 Å². The van der Waals surface area contributed by atoms with Gasteiger partial charge in [-0.15, -0.1) is 11.3 Å². The summed E-state index contributed by atoms with van der Waals surface area (Å²) in [6.45, 7) is 5.86. The van der Waals surface area contributed by atoms with E-state index in [2.05, 4.69) is 0 Å². The Balaban J connectivity index is 0.000000686. The van der Waals surface area contributed by atoms with E-state index in [1.165, 1.54) is 0 Å². The topological polar surface area (TPSA) is 49.8 Å². The number of nitrogens with zero attached hydrogens (tertiary/aromatic N) is 1. The van der Waals surface area contributed by atoms with Gasteiger partial charge in [-0.25, -0.2) is 8.78 Å². The Kier molecular flexibility index (Phi) is 4.10. The van der Waals surface area contributed by atoms with E-state index in [1.54, 1.807) is 0 Å². The van der Waals surface area contributed by atoms with E-state index in [0.29, 0.717) is 12.0 Å². The van der Waals surface area contributed by atoms with Crippen molar-refractivity contribution in [1.82, 2.24) is 0 Å². The van der Waals surface area contributed by atoms with Gasteiger partial charge in [-0.1, -0.05) is 20.8 Å². The lowest BCUT2D eigenvalue weighted by atomic mass is 9.85. The van der Waals surface area contributed by atoms with E-state index >= 15 is 0 Å². The molecule has 0 aromatic carbocycles. The molecule has 1 unspecified atom stereocenters. The highest BCUT2D eigenvalue weighted by Gasteiger charge is 2.43. The fraction of sp³-hybridized carbons (Fsp3) is 0.583. The summed E-state index contributed by atoms with van der Waals surface area (Å²) in [6.07, 6.45) is 0.261. The fourth-order valence-corrected chi connectivity index (χ4v) is 3.12. The van der Waals surface area contributed by atoms with Crippen molar-refractivity contribution in [3.63, 3.8) is 0 Å².